The van der Waals surface area contributed by atoms with Crippen molar-refractivity contribution in [2.75, 3.05) is 0 Å². The van der Waals surface area contributed by atoms with Crippen molar-refractivity contribution in [1.82, 2.24) is 0 Å². The summed E-state index contributed by atoms with van der Waals surface area (Å²) in [6, 6.07) is 12.9. The maximum Gasteiger partial charge on any atom is 0.335 e. The second kappa shape index (κ2) is 9.61. The Morgan fingerprint density at radius 1 is 1.17 bits per heavy atom. The molecule has 3 rings (SSSR count). The lowest BCUT2D eigenvalue weighted by Gasteiger charge is -2.16. The number of aryl methyl sites for hydroxylation is 1. The summed E-state index contributed by atoms with van der Waals surface area (Å²) in [6.45, 7) is 0. The summed E-state index contributed by atoms with van der Waals surface area (Å²) < 4.78 is 13.3. The molecule has 0 aromatic heterocycles. The fraction of sp³-hybridized carbons (Fsp3) is 0.333. The molecule has 1 saturated carbocycles. The van der Waals surface area contributed by atoms with E-state index in [0.717, 1.165) is 17.5 Å². The molecule has 0 radical (unpaired) electrons. The van der Waals surface area contributed by atoms with Crippen molar-refractivity contribution >= 4 is 11.8 Å². The number of aliphatic hydroxyl groups is 1. The molecule has 2 N–H and O–H groups in total. The van der Waals surface area contributed by atoms with E-state index in [-0.39, 0.29) is 29.0 Å². The SMILES string of the molecule is O=C(O)c1ccc(CCC2C(=O)CCC2/C=C/C(O)Cc2cccc(F)c2)cc1. The Morgan fingerprint density at radius 2 is 1.93 bits per heavy atom. The van der Waals surface area contributed by atoms with Crippen LogP contribution in [0.3, 0.4) is 0 Å². The predicted octanol–water partition coefficient (Wildman–Crippen LogP) is 4.21. The summed E-state index contributed by atoms with van der Waals surface area (Å²) in [7, 11) is 0. The zero-order chi connectivity index (χ0) is 20.8. The van der Waals surface area contributed by atoms with E-state index in [0.29, 0.717) is 25.7 Å². The molecule has 1 fully saturated rings. The number of allylic oxidation sites excluding steroid dienone is 1. The molecule has 2 aromatic rings. The van der Waals surface area contributed by atoms with Gasteiger partial charge in [0.2, 0.25) is 0 Å². The van der Waals surface area contributed by atoms with Gasteiger partial charge in [0, 0.05) is 18.8 Å². The standard InChI is InChI=1S/C24H25FO4/c25-20-3-1-2-17(14-20)15-21(26)11-9-18-10-13-23(27)22(18)12-6-16-4-7-19(8-5-16)24(28)29/h1-5,7-9,11,14,18,21-22,26H,6,10,12-13,15H2,(H,28,29)/b11-9+. The molecule has 0 bridgehead atoms. The van der Waals surface area contributed by atoms with E-state index in [4.69, 9.17) is 5.11 Å². The fourth-order valence-corrected chi connectivity index (χ4v) is 3.92. The van der Waals surface area contributed by atoms with Gasteiger partial charge in [0.15, 0.2) is 0 Å². The molecule has 0 aliphatic heterocycles. The van der Waals surface area contributed by atoms with Crippen molar-refractivity contribution < 1.29 is 24.2 Å². The molecule has 29 heavy (non-hydrogen) atoms. The number of aromatic carboxylic acids is 1. The molecule has 3 unspecified atom stereocenters. The van der Waals surface area contributed by atoms with Gasteiger partial charge in [0.1, 0.15) is 11.6 Å². The first kappa shape index (κ1) is 20.9. The Balaban J connectivity index is 1.56. The summed E-state index contributed by atoms with van der Waals surface area (Å²) in [5, 5.41) is 19.2. The van der Waals surface area contributed by atoms with Crippen LogP contribution in [-0.2, 0) is 17.6 Å². The van der Waals surface area contributed by atoms with E-state index in [2.05, 4.69) is 0 Å². The van der Waals surface area contributed by atoms with Crippen LogP contribution in [0.15, 0.2) is 60.7 Å². The number of aliphatic hydroxyl groups excluding tert-OH is 1. The minimum absolute atomic E-state index is 0.0861. The molecule has 0 saturated heterocycles. The normalized spacial score (nSPS) is 20.3. The summed E-state index contributed by atoms with van der Waals surface area (Å²) in [5.41, 5.74) is 1.98. The van der Waals surface area contributed by atoms with Crippen molar-refractivity contribution in [3.8, 4) is 0 Å². The lowest BCUT2D eigenvalue weighted by Crippen LogP contribution is -2.15. The number of benzene rings is 2. The average Bonchev–Trinajstić information content (AvgIpc) is 3.04. The highest BCUT2D eigenvalue weighted by molar-refractivity contribution is 5.87. The van der Waals surface area contributed by atoms with Crippen LogP contribution in [0.25, 0.3) is 0 Å². The highest BCUT2D eigenvalue weighted by Crippen LogP contribution is 2.33. The van der Waals surface area contributed by atoms with Crippen LogP contribution in [0.4, 0.5) is 4.39 Å². The van der Waals surface area contributed by atoms with Crippen LogP contribution in [0.2, 0.25) is 0 Å². The molecule has 4 nitrogen and oxygen atoms in total. The summed E-state index contributed by atoms with van der Waals surface area (Å²) in [6.07, 6.45) is 5.94. The molecule has 1 aliphatic carbocycles. The summed E-state index contributed by atoms with van der Waals surface area (Å²) in [4.78, 5) is 23.2. The topological polar surface area (TPSA) is 74.6 Å². The number of carboxylic acids is 1. The molecule has 3 atom stereocenters. The predicted molar refractivity (Wildman–Crippen MR) is 108 cm³/mol. The fourth-order valence-electron chi connectivity index (χ4n) is 3.92. The average molecular weight is 396 g/mol. The Morgan fingerprint density at radius 3 is 2.62 bits per heavy atom. The molecule has 0 amide bonds. The highest BCUT2D eigenvalue weighted by atomic mass is 19.1. The van der Waals surface area contributed by atoms with E-state index >= 15 is 0 Å². The summed E-state index contributed by atoms with van der Waals surface area (Å²) >= 11 is 0. The quantitative estimate of drug-likeness (QED) is 0.656. The van der Waals surface area contributed by atoms with Crippen LogP contribution in [0.1, 0.15) is 40.7 Å². The third-order valence-corrected chi connectivity index (χ3v) is 5.51. The van der Waals surface area contributed by atoms with Gasteiger partial charge in [-0.15, -0.1) is 0 Å². The lowest BCUT2D eigenvalue weighted by atomic mass is 9.88. The molecular formula is C24H25FO4. The van der Waals surface area contributed by atoms with E-state index in [1.165, 1.54) is 12.1 Å². The monoisotopic (exact) mass is 396 g/mol. The van der Waals surface area contributed by atoms with Crippen molar-refractivity contribution in [2.45, 2.75) is 38.2 Å². The number of halogens is 1. The maximum absolute atomic E-state index is 13.3. The van der Waals surface area contributed by atoms with E-state index in [1.807, 2.05) is 6.08 Å². The number of carbonyl (C=O) groups excluding carboxylic acids is 1. The first-order valence-corrected chi connectivity index (χ1v) is 9.88. The van der Waals surface area contributed by atoms with Crippen LogP contribution in [0.5, 0.6) is 0 Å². The summed E-state index contributed by atoms with van der Waals surface area (Å²) in [5.74, 6) is -1.04. The van der Waals surface area contributed by atoms with Crippen LogP contribution in [0, 0.1) is 17.7 Å². The molecule has 5 heteroatoms. The smallest absolute Gasteiger partial charge is 0.335 e. The number of carbonyl (C=O) groups is 2. The largest absolute Gasteiger partial charge is 0.478 e. The van der Waals surface area contributed by atoms with Crippen molar-refractivity contribution in [2.24, 2.45) is 11.8 Å². The first-order valence-electron chi connectivity index (χ1n) is 9.88. The Labute approximate surface area is 169 Å². The van der Waals surface area contributed by atoms with Crippen LogP contribution < -0.4 is 0 Å². The number of carboxylic acid groups (broad SMARTS) is 1. The van der Waals surface area contributed by atoms with Crippen molar-refractivity contribution in [3.05, 3.63) is 83.2 Å². The number of Topliss-reactive ketones (excluding diaryl/α,β-unsaturated/α-hetero) is 1. The van der Waals surface area contributed by atoms with Crippen molar-refractivity contribution in [1.29, 1.82) is 0 Å². The van der Waals surface area contributed by atoms with Crippen LogP contribution >= 0.6 is 0 Å². The van der Waals surface area contributed by atoms with Gasteiger partial charge in [-0.05, 0) is 60.6 Å². The Kier molecular flexibility index (Phi) is 6.94. The minimum atomic E-state index is -0.954. The highest BCUT2D eigenvalue weighted by Gasteiger charge is 2.32. The molecule has 2 aromatic carbocycles. The molecular weight excluding hydrogens is 371 g/mol. The number of ketones is 1. The zero-order valence-electron chi connectivity index (χ0n) is 16.1. The molecule has 1 aliphatic rings. The van der Waals surface area contributed by atoms with Gasteiger partial charge < -0.3 is 10.2 Å². The second-order valence-corrected chi connectivity index (χ2v) is 7.60. The van der Waals surface area contributed by atoms with Gasteiger partial charge in [-0.25, -0.2) is 9.18 Å². The Bertz CT molecular complexity index is 888. The van der Waals surface area contributed by atoms with E-state index in [1.54, 1.807) is 42.5 Å². The van der Waals surface area contributed by atoms with Gasteiger partial charge >= 0.3 is 5.97 Å². The third-order valence-electron chi connectivity index (χ3n) is 5.51. The Hall–Kier alpha value is -2.79. The minimum Gasteiger partial charge on any atom is -0.478 e. The van der Waals surface area contributed by atoms with Gasteiger partial charge in [0.05, 0.1) is 11.7 Å². The number of hydrogen-bond donors (Lipinski definition) is 2. The van der Waals surface area contributed by atoms with Gasteiger partial charge in [-0.3, -0.25) is 4.79 Å². The molecule has 0 spiro atoms. The van der Waals surface area contributed by atoms with Gasteiger partial charge in [0.25, 0.3) is 0 Å². The maximum atomic E-state index is 13.3. The first-order chi connectivity index (χ1) is 13.9. The molecule has 0 heterocycles. The van der Waals surface area contributed by atoms with E-state index < -0.39 is 12.1 Å². The molecule has 152 valence electrons. The van der Waals surface area contributed by atoms with E-state index in [9.17, 15) is 19.1 Å². The lowest BCUT2D eigenvalue weighted by molar-refractivity contribution is -0.121. The number of rotatable bonds is 8. The zero-order valence-corrected chi connectivity index (χ0v) is 16.1. The third kappa shape index (κ3) is 5.84. The second-order valence-electron chi connectivity index (χ2n) is 7.60. The van der Waals surface area contributed by atoms with Gasteiger partial charge in [-0.1, -0.05) is 36.4 Å². The van der Waals surface area contributed by atoms with Crippen molar-refractivity contribution in [3.63, 3.8) is 0 Å². The van der Waals surface area contributed by atoms with Crippen LogP contribution in [-0.4, -0.2) is 28.1 Å². The van der Waals surface area contributed by atoms with Gasteiger partial charge in [-0.2, -0.15) is 0 Å². The number of hydrogen-bond acceptors (Lipinski definition) is 3.